The Labute approximate surface area is 149 Å². The maximum Gasteiger partial charge on any atom is 0.193 e. The standard InChI is InChI=1S/C15H25N3OS.HI/c1-12(14-5-4-8-20-14)9-17-15(16-2)18-7-6-13(10-18)11-19-3;/h4-5,8,12-13H,6-7,9-11H2,1-3H3,(H,16,17);1H. The van der Waals surface area contributed by atoms with Gasteiger partial charge in [0.1, 0.15) is 0 Å². The van der Waals surface area contributed by atoms with Gasteiger partial charge in [-0.25, -0.2) is 0 Å². The Kier molecular flexibility index (Phi) is 8.58. The van der Waals surface area contributed by atoms with E-state index in [9.17, 15) is 0 Å². The lowest BCUT2D eigenvalue weighted by atomic mass is 10.1. The average Bonchev–Trinajstić information content (AvgIpc) is 3.11. The third-order valence-electron chi connectivity index (χ3n) is 3.79. The molecule has 0 aliphatic carbocycles. The van der Waals surface area contributed by atoms with Crippen molar-refractivity contribution in [1.82, 2.24) is 10.2 Å². The number of rotatable bonds is 5. The first-order chi connectivity index (χ1) is 9.74. The molecule has 1 N–H and O–H groups in total. The van der Waals surface area contributed by atoms with Gasteiger partial charge in [0.2, 0.25) is 0 Å². The molecule has 21 heavy (non-hydrogen) atoms. The number of nitrogens with zero attached hydrogens (tertiary/aromatic N) is 2. The highest BCUT2D eigenvalue weighted by Gasteiger charge is 2.24. The molecule has 2 rings (SSSR count). The van der Waals surface area contributed by atoms with Crippen LogP contribution < -0.4 is 5.32 Å². The summed E-state index contributed by atoms with van der Waals surface area (Å²) in [5.41, 5.74) is 0. The summed E-state index contributed by atoms with van der Waals surface area (Å²) in [6.07, 6.45) is 1.19. The molecule has 0 radical (unpaired) electrons. The molecule has 0 spiro atoms. The highest BCUT2D eigenvalue weighted by Crippen LogP contribution is 2.20. The van der Waals surface area contributed by atoms with Crippen LogP contribution in [0.25, 0.3) is 0 Å². The summed E-state index contributed by atoms with van der Waals surface area (Å²) in [7, 11) is 3.64. The number of hydrogen-bond donors (Lipinski definition) is 1. The van der Waals surface area contributed by atoms with E-state index in [-0.39, 0.29) is 24.0 Å². The summed E-state index contributed by atoms with van der Waals surface area (Å²) in [6, 6.07) is 4.31. The zero-order chi connectivity index (χ0) is 14.4. The van der Waals surface area contributed by atoms with Crippen molar-refractivity contribution in [2.45, 2.75) is 19.3 Å². The van der Waals surface area contributed by atoms with Crippen molar-refractivity contribution in [1.29, 1.82) is 0 Å². The zero-order valence-corrected chi connectivity index (χ0v) is 16.2. The number of likely N-dealkylation sites (tertiary alicyclic amines) is 1. The summed E-state index contributed by atoms with van der Waals surface area (Å²) in [5, 5.41) is 5.64. The summed E-state index contributed by atoms with van der Waals surface area (Å²) in [4.78, 5) is 8.17. The van der Waals surface area contributed by atoms with E-state index in [1.165, 1.54) is 11.3 Å². The molecule has 1 aromatic rings. The lowest BCUT2D eigenvalue weighted by molar-refractivity contribution is 0.157. The van der Waals surface area contributed by atoms with E-state index < -0.39 is 0 Å². The van der Waals surface area contributed by atoms with Gasteiger partial charge in [0, 0.05) is 50.5 Å². The van der Waals surface area contributed by atoms with Gasteiger partial charge in [-0.1, -0.05) is 13.0 Å². The Balaban J connectivity index is 0.00000220. The van der Waals surface area contributed by atoms with Gasteiger partial charge >= 0.3 is 0 Å². The van der Waals surface area contributed by atoms with Gasteiger partial charge in [-0.3, -0.25) is 4.99 Å². The number of thiophene rings is 1. The molecule has 1 saturated heterocycles. The van der Waals surface area contributed by atoms with Gasteiger partial charge in [-0.15, -0.1) is 35.3 Å². The van der Waals surface area contributed by atoms with Gasteiger partial charge in [-0.05, 0) is 17.9 Å². The molecule has 2 heterocycles. The second-order valence-electron chi connectivity index (χ2n) is 5.40. The highest BCUT2D eigenvalue weighted by atomic mass is 127. The van der Waals surface area contributed by atoms with Crippen LogP contribution >= 0.6 is 35.3 Å². The molecule has 4 nitrogen and oxygen atoms in total. The SMILES string of the molecule is CN=C(NCC(C)c1cccs1)N1CCC(COC)C1.I. The van der Waals surface area contributed by atoms with Gasteiger partial charge in [0.05, 0.1) is 6.61 Å². The van der Waals surface area contributed by atoms with Crippen LogP contribution in [0, 0.1) is 5.92 Å². The van der Waals surface area contributed by atoms with E-state index in [0.717, 1.165) is 32.2 Å². The summed E-state index contributed by atoms with van der Waals surface area (Å²) in [5.74, 6) is 2.17. The number of nitrogens with one attached hydrogen (secondary N) is 1. The minimum Gasteiger partial charge on any atom is -0.384 e. The Morgan fingerprint density at radius 2 is 2.43 bits per heavy atom. The van der Waals surface area contributed by atoms with Crippen LogP contribution in [0.4, 0.5) is 0 Å². The first-order valence-corrected chi connectivity index (χ1v) is 8.10. The maximum atomic E-state index is 5.25. The van der Waals surface area contributed by atoms with Crippen LogP contribution in [0.1, 0.15) is 24.1 Å². The molecule has 1 aliphatic heterocycles. The van der Waals surface area contributed by atoms with Crippen molar-refractivity contribution in [2.75, 3.05) is 40.4 Å². The van der Waals surface area contributed by atoms with E-state index in [4.69, 9.17) is 4.74 Å². The van der Waals surface area contributed by atoms with Crippen molar-refractivity contribution >= 4 is 41.3 Å². The Bertz CT molecular complexity index is 425. The maximum absolute atomic E-state index is 5.25. The fraction of sp³-hybridized carbons (Fsp3) is 0.667. The predicted octanol–water partition coefficient (Wildman–Crippen LogP) is 3.01. The summed E-state index contributed by atoms with van der Waals surface area (Å²) < 4.78 is 5.25. The van der Waals surface area contributed by atoms with Crippen LogP contribution in [0.15, 0.2) is 22.5 Å². The molecule has 0 amide bonds. The molecule has 2 atom stereocenters. The lowest BCUT2D eigenvalue weighted by Crippen LogP contribution is -2.41. The molecular formula is C15H26IN3OS. The summed E-state index contributed by atoms with van der Waals surface area (Å²) >= 11 is 1.82. The second-order valence-corrected chi connectivity index (χ2v) is 6.38. The van der Waals surface area contributed by atoms with Crippen LogP contribution in [0.5, 0.6) is 0 Å². The van der Waals surface area contributed by atoms with Crippen LogP contribution in [0.3, 0.4) is 0 Å². The lowest BCUT2D eigenvalue weighted by Gasteiger charge is -2.23. The molecule has 1 fully saturated rings. The predicted molar refractivity (Wildman–Crippen MR) is 101 cm³/mol. The molecule has 1 aliphatic rings. The minimum atomic E-state index is 0. The Morgan fingerprint density at radius 1 is 1.62 bits per heavy atom. The van der Waals surface area contributed by atoms with E-state index in [1.807, 2.05) is 18.4 Å². The van der Waals surface area contributed by atoms with Gasteiger partial charge in [-0.2, -0.15) is 0 Å². The molecule has 0 aromatic carbocycles. The molecular weight excluding hydrogens is 397 g/mol. The zero-order valence-electron chi connectivity index (χ0n) is 13.0. The first kappa shape index (κ1) is 18.7. The van der Waals surface area contributed by atoms with Gasteiger partial charge in [0.25, 0.3) is 0 Å². The monoisotopic (exact) mass is 423 g/mol. The molecule has 1 aromatic heterocycles. The third-order valence-corrected chi connectivity index (χ3v) is 4.90. The largest absolute Gasteiger partial charge is 0.384 e. The van der Waals surface area contributed by atoms with E-state index in [0.29, 0.717) is 11.8 Å². The summed E-state index contributed by atoms with van der Waals surface area (Å²) in [6.45, 7) is 6.14. The van der Waals surface area contributed by atoms with Crippen molar-refractivity contribution in [3.05, 3.63) is 22.4 Å². The fourth-order valence-corrected chi connectivity index (χ4v) is 3.43. The number of aliphatic imine (C=N–C) groups is 1. The van der Waals surface area contributed by atoms with Crippen molar-refractivity contribution in [3.63, 3.8) is 0 Å². The minimum absolute atomic E-state index is 0. The van der Waals surface area contributed by atoms with E-state index >= 15 is 0 Å². The fourth-order valence-electron chi connectivity index (χ4n) is 2.65. The quantitative estimate of drug-likeness (QED) is 0.450. The number of guanidine groups is 1. The normalized spacial score (nSPS) is 20.2. The average molecular weight is 423 g/mol. The van der Waals surface area contributed by atoms with Crippen LogP contribution in [0.2, 0.25) is 0 Å². The molecule has 2 unspecified atom stereocenters. The third kappa shape index (κ3) is 5.41. The molecule has 0 saturated carbocycles. The van der Waals surface area contributed by atoms with Crippen LogP contribution in [-0.2, 0) is 4.74 Å². The molecule has 0 bridgehead atoms. The first-order valence-electron chi connectivity index (χ1n) is 7.22. The van der Waals surface area contributed by atoms with Crippen molar-refractivity contribution in [3.8, 4) is 0 Å². The van der Waals surface area contributed by atoms with Gasteiger partial charge in [0.15, 0.2) is 5.96 Å². The van der Waals surface area contributed by atoms with E-state index in [2.05, 4.69) is 39.6 Å². The van der Waals surface area contributed by atoms with Gasteiger partial charge < -0.3 is 15.0 Å². The van der Waals surface area contributed by atoms with Crippen molar-refractivity contribution < 1.29 is 4.74 Å². The topological polar surface area (TPSA) is 36.9 Å². The molecule has 120 valence electrons. The molecule has 6 heteroatoms. The second kappa shape index (κ2) is 9.63. The number of halogens is 1. The van der Waals surface area contributed by atoms with E-state index in [1.54, 1.807) is 7.11 Å². The van der Waals surface area contributed by atoms with Crippen LogP contribution in [-0.4, -0.2) is 51.3 Å². The number of methoxy groups -OCH3 is 1. The smallest absolute Gasteiger partial charge is 0.193 e. The Hall–Kier alpha value is -0.340. The Morgan fingerprint density at radius 3 is 3.05 bits per heavy atom. The number of hydrogen-bond acceptors (Lipinski definition) is 3. The highest BCUT2D eigenvalue weighted by molar-refractivity contribution is 14.0. The number of ether oxygens (including phenoxy) is 1. The van der Waals surface area contributed by atoms with Crippen molar-refractivity contribution in [2.24, 2.45) is 10.9 Å².